The van der Waals surface area contributed by atoms with Crippen LogP contribution >= 0.6 is 0 Å². The molecule has 0 fully saturated rings. The summed E-state index contributed by atoms with van der Waals surface area (Å²) in [5.74, 6) is 0.519. The lowest BCUT2D eigenvalue weighted by Crippen LogP contribution is -2.58. The van der Waals surface area contributed by atoms with Crippen molar-refractivity contribution >= 4 is 24.0 Å². The highest BCUT2D eigenvalue weighted by atomic mass is 28.3. The normalized spacial score (nSPS) is 13.3. The average molecular weight is 447 g/mol. The van der Waals surface area contributed by atoms with Gasteiger partial charge in [0.15, 0.2) is 6.20 Å². The zero-order chi connectivity index (χ0) is 24.2. The van der Waals surface area contributed by atoms with Crippen LogP contribution in [0.4, 0.5) is 0 Å². The van der Waals surface area contributed by atoms with Gasteiger partial charge in [-0.15, -0.1) is 0 Å². The largest absolute Gasteiger partial charge is 0.220 e. The third-order valence-corrected chi connectivity index (χ3v) is 15.8. The molecule has 0 saturated heterocycles. The van der Waals surface area contributed by atoms with Gasteiger partial charge in [-0.1, -0.05) is 85.3 Å². The van der Waals surface area contributed by atoms with Crippen LogP contribution < -0.4 is 9.75 Å². The van der Waals surface area contributed by atoms with Crippen molar-refractivity contribution in [2.24, 2.45) is 7.05 Å². The van der Waals surface area contributed by atoms with Gasteiger partial charge in [0.1, 0.15) is 7.05 Å². The number of fused-ring (bicyclic) bond motifs is 1. The molecule has 3 rings (SSSR count). The summed E-state index contributed by atoms with van der Waals surface area (Å²) in [6.45, 7) is 26.3. The Kier molecular flexibility index (Phi) is 6.28. The topological polar surface area (TPSA) is 3.88 Å². The van der Waals surface area contributed by atoms with Gasteiger partial charge in [-0.05, 0) is 64.1 Å². The third-order valence-electron chi connectivity index (χ3n) is 8.33. The van der Waals surface area contributed by atoms with Crippen molar-refractivity contribution < 1.29 is 4.57 Å². The van der Waals surface area contributed by atoms with E-state index in [0.717, 1.165) is 0 Å². The Morgan fingerprint density at radius 1 is 0.844 bits per heavy atom. The monoisotopic (exact) mass is 446 g/mol. The summed E-state index contributed by atoms with van der Waals surface area (Å²) in [7, 11) is 0.377. The predicted molar refractivity (Wildman–Crippen MR) is 145 cm³/mol. The molecule has 0 saturated carbocycles. The number of benzene rings is 2. The fraction of sp³-hybridized carbons (Fsp3) is 0.500. The first kappa shape index (κ1) is 24.7. The van der Waals surface area contributed by atoms with E-state index in [-0.39, 0.29) is 10.1 Å². The van der Waals surface area contributed by atoms with Crippen molar-refractivity contribution in [3.05, 3.63) is 59.3 Å². The second-order valence-electron chi connectivity index (χ2n) is 12.4. The first-order valence-electron chi connectivity index (χ1n) is 12.1. The molecule has 1 nitrogen and oxygen atoms in total. The van der Waals surface area contributed by atoms with Crippen molar-refractivity contribution in [1.82, 2.24) is 0 Å². The minimum absolute atomic E-state index is 0.278. The Hall–Kier alpha value is -1.93. The highest BCUT2D eigenvalue weighted by Crippen LogP contribution is 2.50. The summed E-state index contributed by atoms with van der Waals surface area (Å²) < 4.78 is 2.30. The first-order chi connectivity index (χ1) is 14.6. The molecule has 0 spiro atoms. The standard InChI is InChI=1S/C30H44NSi/c1-20(2)24-17-21(3)22(4)27(19-24)28-26-14-13-25(18-23(26)15-16-31(28)11)32(12,29(5,6)7)30(8,9)10/h13-20H,1-12H3/q+1. The van der Waals surface area contributed by atoms with Crippen LogP contribution in [0.1, 0.15) is 78.0 Å². The molecule has 3 aromatic rings. The van der Waals surface area contributed by atoms with Crippen LogP contribution in [0.5, 0.6) is 0 Å². The molecule has 0 amide bonds. The van der Waals surface area contributed by atoms with Crippen LogP contribution in [-0.4, -0.2) is 8.07 Å². The average Bonchev–Trinajstić information content (AvgIpc) is 2.67. The molecule has 0 atom stereocenters. The number of rotatable bonds is 3. The fourth-order valence-corrected chi connectivity index (χ4v) is 10.3. The minimum Gasteiger partial charge on any atom is -0.200 e. The van der Waals surface area contributed by atoms with E-state index in [2.05, 4.69) is 130 Å². The maximum absolute atomic E-state index is 2.58. The van der Waals surface area contributed by atoms with Crippen LogP contribution in [-0.2, 0) is 7.05 Å². The van der Waals surface area contributed by atoms with E-state index in [4.69, 9.17) is 0 Å². The van der Waals surface area contributed by atoms with Crippen LogP contribution in [0.3, 0.4) is 0 Å². The predicted octanol–water partition coefficient (Wildman–Crippen LogP) is 7.96. The number of hydrogen-bond acceptors (Lipinski definition) is 0. The molecule has 0 bridgehead atoms. The Balaban J connectivity index is 2.34. The smallest absolute Gasteiger partial charge is 0.200 e. The summed E-state index contributed by atoms with van der Waals surface area (Å²) in [5.41, 5.74) is 6.86. The van der Waals surface area contributed by atoms with Crippen molar-refractivity contribution in [2.75, 3.05) is 0 Å². The molecule has 0 N–H and O–H groups in total. The lowest BCUT2D eigenvalue weighted by Gasteiger charge is -2.50. The molecule has 1 heterocycles. The Morgan fingerprint density at radius 3 is 1.97 bits per heavy atom. The molecular weight excluding hydrogens is 402 g/mol. The SMILES string of the molecule is Cc1cc(C(C)C)cc(-c2c3ccc([Si](C)(C(C)(C)C)C(C)(C)C)cc3cc[n+]2C)c1C. The van der Waals surface area contributed by atoms with Gasteiger partial charge in [-0.25, -0.2) is 4.57 Å². The van der Waals surface area contributed by atoms with Gasteiger partial charge in [-0.2, -0.15) is 0 Å². The van der Waals surface area contributed by atoms with E-state index in [1.165, 1.54) is 38.7 Å². The summed E-state index contributed by atoms with van der Waals surface area (Å²) in [5, 5.41) is 4.82. The lowest BCUT2D eigenvalue weighted by molar-refractivity contribution is -0.659. The van der Waals surface area contributed by atoms with Gasteiger partial charge in [0, 0.05) is 6.07 Å². The zero-order valence-corrected chi connectivity index (χ0v) is 23.6. The van der Waals surface area contributed by atoms with Crippen molar-refractivity contribution in [3.63, 3.8) is 0 Å². The van der Waals surface area contributed by atoms with E-state index in [0.29, 0.717) is 5.92 Å². The van der Waals surface area contributed by atoms with E-state index in [1.807, 2.05) is 0 Å². The van der Waals surface area contributed by atoms with Gasteiger partial charge in [0.2, 0.25) is 5.69 Å². The number of hydrogen-bond donors (Lipinski definition) is 0. The number of nitrogens with zero attached hydrogens (tertiary/aromatic N) is 1. The molecule has 172 valence electrons. The lowest BCUT2D eigenvalue weighted by atomic mass is 9.91. The van der Waals surface area contributed by atoms with Gasteiger partial charge >= 0.3 is 0 Å². The Bertz CT molecular complexity index is 1140. The molecule has 0 aliphatic carbocycles. The van der Waals surface area contributed by atoms with E-state index in [1.54, 1.807) is 5.19 Å². The minimum atomic E-state index is -1.81. The molecule has 0 aliphatic rings. The van der Waals surface area contributed by atoms with Crippen molar-refractivity contribution in [1.29, 1.82) is 0 Å². The number of pyridine rings is 1. The van der Waals surface area contributed by atoms with Crippen LogP contribution in [0.15, 0.2) is 42.6 Å². The Morgan fingerprint density at radius 2 is 1.44 bits per heavy atom. The highest BCUT2D eigenvalue weighted by Gasteiger charge is 2.50. The molecule has 0 aliphatic heterocycles. The van der Waals surface area contributed by atoms with E-state index in [9.17, 15) is 0 Å². The molecule has 2 heteroatoms. The van der Waals surface area contributed by atoms with Gasteiger partial charge in [0.25, 0.3) is 0 Å². The second-order valence-corrected chi connectivity index (χ2v) is 18.2. The zero-order valence-electron chi connectivity index (χ0n) is 22.6. The number of aryl methyl sites for hydroxylation is 2. The molecule has 0 unspecified atom stereocenters. The van der Waals surface area contributed by atoms with Crippen LogP contribution in [0.2, 0.25) is 16.6 Å². The summed E-state index contributed by atoms with van der Waals surface area (Å²) in [6, 6.07) is 14.4. The third kappa shape index (κ3) is 3.96. The molecule has 2 aromatic carbocycles. The quantitative estimate of drug-likeness (QED) is 0.284. The second kappa shape index (κ2) is 8.13. The molecular formula is C30H44NSi+. The Labute approximate surface area is 197 Å². The molecule has 32 heavy (non-hydrogen) atoms. The van der Waals surface area contributed by atoms with Gasteiger partial charge in [-0.3, -0.25) is 0 Å². The van der Waals surface area contributed by atoms with Crippen molar-refractivity contribution in [3.8, 4) is 11.3 Å². The van der Waals surface area contributed by atoms with Crippen molar-refractivity contribution in [2.45, 2.75) is 91.8 Å². The summed E-state index contributed by atoms with van der Waals surface area (Å²) in [6.07, 6.45) is 2.24. The van der Waals surface area contributed by atoms with Crippen LogP contribution in [0, 0.1) is 13.8 Å². The number of aromatic nitrogens is 1. The maximum atomic E-state index is 2.58. The maximum Gasteiger partial charge on any atom is 0.220 e. The molecule has 0 radical (unpaired) electrons. The van der Waals surface area contributed by atoms with Crippen LogP contribution in [0.25, 0.3) is 22.0 Å². The fourth-order valence-electron chi connectivity index (χ4n) is 5.48. The summed E-state index contributed by atoms with van der Waals surface area (Å²) in [4.78, 5) is 0. The van der Waals surface area contributed by atoms with E-state index >= 15 is 0 Å². The van der Waals surface area contributed by atoms with E-state index < -0.39 is 8.07 Å². The molecule has 1 aromatic heterocycles. The van der Waals surface area contributed by atoms with Gasteiger partial charge in [0.05, 0.1) is 19.0 Å². The highest BCUT2D eigenvalue weighted by molar-refractivity contribution is 6.95. The van der Waals surface area contributed by atoms with Gasteiger partial charge < -0.3 is 0 Å². The first-order valence-corrected chi connectivity index (χ1v) is 14.6. The summed E-state index contributed by atoms with van der Waals surface area (Å²) >= 11 is 0.